The monoisotopic (exact) mass is 805 g/mol. The van der Waals surface area contributed by atoms with Gasteiger partial charge in [0.1, 0.15) is 6.61 Å². The summed E-state index contributed by atoms with van der Waals surface area (Å²) in [5, 5.41) is 50.1. The molecule has 182 valence electrons. The molecule has 0 heterocycles. The third-order valence-electron chi connectivity index (χ3n) is 4.07. The fourth-order valence-corrected chi connectivity index (χ4v) is 7.17. The van der Waals surface area contributed by atoms with E-state index in [4.69, 9.17) is 10.2 Å². The minimum atomic E-state index is -1.88. The molecule has 0 aliphatic rings. The lowest BCUT2D eigenvalue weighted by atomic mass is 10.1. The van der Waals surface area contributed by atoms with E-state index in [1.54, 1.807) is 67.8 Å². The Labute approximate surface area is 227 Å². The van der Waals surface area contributed by atoms with E-state index in [1.807, 2.05) is 0 Å². The van der Waals surface area contributed by atoms with E-state index in [-0.39, 0.29) is 27.5 Å². The smallest absolute Gasteiger partial charge is 0.334 e. The number of anilines is 1. The topological polar surface area (TPSA) is 214 Å². The number of benzene rings is 1. The van der Waals surface area contributed by atoms with Gasteiger partial charge in [-0.3, -0.25) is 14.4 Å². The summed E-state index contributed by atoms with van der Waals surface area (Å²) in [5.41, 5.74) is -0.153. The summed E-state index contributed by atoms with van der Waals surface area (Å²) in [6.45, 7) is -2.15. The molecule has 2 unspecified atom stereocenters. The molecule has 1 aromatic carbocycles. The second-order valence-corrected chi connectivity index (χ2v) is 9.52. The summed E-state index contributed by atoms with van der Waals surface area (Å²) in [4.78, 5) is 60.4. The molecule has 0 radical (unpaired) electrons. The second kappa shape index (κ2) is 12.9. The normalized spacial score (nSPS) is 12.5. The van der Waals surface area contributed by atoms with Crippen molar-refractivity contribution in [1.29, 1.82) is 0 Å². The van der Waals surface area contributed by atoms with Crippen LogP contribution < -0.4 is 15.5 Å². The number of aliphatic hydroxyl groups is 3. The fraction of sp³-hybridized carbons (Fsp3) is 0.353. The number of carbonyl (C=O) groups is 5. The van der Waals surface area contributed by atoms with Gasteiger partial charge in [0.05, 0.1) is 37.0 Å². The first-order valence-corrected chi connectivity index (χ1v) is 12.0. The molecule has 2 atom stereocenters. The number of amides is 3. The summed E-state index contributed by atoms with van der Waals surface area (Å²) in [5.74, 6) is -5.59. The maximum Gasteiger partial charge on any atom is 0.334 e. The molecule has 0 bridgehead atoms. The number of carbonyl (C=O) groups excluding carboxylic acids is 3. The van der Waals surface area contributed by atoms with E-state index in [0.29, 0.717) is 0 Å². The van der Waals surface area contributed by atoms with E-state index in [1.165, 1.54) is 7.05 Å². The second-order valence-electron chi connectivity index (χ2n) is 6.28. The van der Waals surface area contributed by atoms with Crippen LogP contribution in [0.1, 0.15) is 20.7 Å². The summed E-state index contributed by atoms with van der Waals surface area (Å²) >= 11 is 5.19. The van der Waals surface area contributed by atoms with Crippen molar-refractivity contribution < 1.29 is 49.5 Å². The quantitative estimate of drug-likeness (QED) is 0.141. The third-order valence-corrected chi connectivity index (χ3v) is 7.25. The van der Waals surface area contributed by atoms with E-state index < -0.39 is 61.6 Å². The minimum absolute atomic E-state index is 0.0830. The number of nitrogens with one attached hydrogen (secondary N) is 2. The minimum Gasteiger partial charge on any atom is -0.479 e. The lowest BCUT2D eigenvalue weighted by Gasteiger charge is -2.24. The van der Waals surface area contributed by atoms with Crippen molar-refractivity contribution in [3.63, 3.8) is 0 Å². The number of carboxylic acid groups (broad SMARTS) is 2. The van der Waals surface area contributed by atoms with E-state index in [2.05, 4.69) is 10.6 Å². The molecule has 1 aromatic rings. The molecule has 0 aliphatic heterocycles. The van der Waals surface area contributed by atoms with Crippen molar-refractivity contribution in [2.45, 2.75) is 12.2 Å². The van der Waals surface area contributed by atoms with Crippen molar-refractivity contribution in [2.75, 3.05) is 31.6 Å². The lowest BCUT2D eigenvalue weighted by molar-refractivity contribution is -0.147. The van der Waals surface area contributed by atoms with Crippen LogP contribution in [0.2, 0.25) is 0 Å². The molecule has 0 aromatic heterocycles. The number of halogens is 3. The molecule has 33 heavy (non-hydrogen) atoms. The molecule has 0 fully saturated rings. The van der Waals surface area contributed by atoms with Gasteiger partial charge in [-0.2, -0.15) is 0 Å². The molecule has 1 rings (SSSR count). The number of rotatable bonds is 10. The van der Waals surface area contributed by atoms with Gasteiger partial charge in [-0.05, 0) is 67.8 Å². The number of hydrogen-bond acceptors (Lipinski definition) is 8. The van der Waals surface area contributed by atoms with Crippen molar-refractivity contribution in [1.82, 2.24) is 10.6 Å². The van der Waals surface area contributed by atoms with Crippen LogP contribution >= 0.6 is 67.8 Å². The van der Waals surface area contributed by atoms with Crippen LogP contribution in [0.4, 0.5) is 5.69 Å². The Kier molecular flexibility index (Phi) is 11.6. The highest BCUT2D eigenvalue weighted by Gasteiger charge is 2.31. The molecule has 0 spiro atoms. The van der Waals surface area contributed by atoms with Crippen LogP contribution in [0.5, 0.6) is 0 Å². The van der Waals surface area contributed by atoms with Gasteiger partial charge in [-0.25, -0.2) is 9.59 Å². The van der Waals surface area contributed by atoms with Gasteiger partial charge in [0.2, 0.25) is 0 Å². The molecular weight excluding hydrogens is 787 g/mol. The zero-order valence-electron chi connectivity index (χ0n) is 16.6. The van der Waals surface area contributed by atoms with Crippen LogP contribution in [0, 0.1) is 10.7 Å². The Morgan fingerprint density at radius 1 is 0.818 bits per heavy atom. The summed E-state index contributed by atoms with van der Waals surface area (Å²) < 4.78 is 0.463. The Morgan fingerprint density at radius 3 is 1.48 bits per heavy atom. The van der Waals surface area contributed by atoms with E-state index in [9.17, 15) is 39.3 Å². The first-order valence-electron chi connectivity index (χ1n) is 8.72. The molecule has 3 amide bonds. The lowest BCUT2D eigenvalue weighted by Crippen LogP contribution is -2.39. The third kappa shape index (κ3) is 7.31. The highest BCUT2D eigenvalue weighted by atomic mass is 127. The maximum absolute atomic E-state index is 12.8. The molecule has 16 heteroatoms. The van der Waals surface area contributed by atoms with Crippen molar-refractivity contribution in [3.05, 3.63) is 21.8 Å². The highest BCUT2D eigenvalue weighted by molar-refractivity contribution is 14.1. The van der Waals surface area contributed by atoms with Crippen LogP contribution in [-0.2, 0) is 14.4 Å². The number of aliphatic hydroxyl groups excluding tert-OH is 3. The van der Waals surface area contributed by atoms with Gasteiger partial charge in [0.25, 0.3) is 17.7 Å². The van der Waals surface area contributed by atoms with Crippen LogP contribution in [0.3, 0.4) is 0 Å². The van der Waals surface area contributed by atoms with Crippen LogP contribution in [-0.4, -0.2) is 94.1 Å². The largest absolute Gasteiger partial charge is 0.479 e. The molecule has 0 saturated carbocycles. The first kappa shape index (κ1) is 29.7. The zero-order valence-corrected chi connectivity index (χ0v) is 23.1. The molecule has 0 saturated heterocycles. The molecule has 0 aliphatic carbocycles. The summed E-state index contributed by atoms with van der Waals surface area (Å²) in [6, 6.07) is 0. The summed E-state index contributed by atoms with van der Waals surface area (Å²) in [6.07, 6.45) is -3.77. The fourth-order valence-electron chi connectivity index (χ4n) is 2.30. The van der Waals surface area contributed by atoms with Gasteiger partial charge in [-0.15, -0.1) is 0 Å². The van der Waals surface area contributed by atoms with Gasteiger partial charge in [-0.1, -0.05) is 0 Å². The van der Waals surface area contributed by atoms with Gasteiger partial charge >= 0.3 is 11.9 Å². The Bertz CT molecular complexity index is 925. The van der Waals surface area contributed by atoms with Crippen LogP contribution in [0.15, 0.2) is 0 Å². The Hall–Kier alpha value is -1.36. The Morgan fingerprint density at radius 2 is 1.18 bits per heavy atom. The number of aliphatic carboxylic acids is 2. The van der Waals surface area contributed by atoms with Gasteiger partial charge in [0.15, 0.2) is 12.2 Å². The molecular formula is C17H18I3N3O10. The highest BCUT2D eigenvalue weighted by Crippen LogP contribution is 2.37. The predicted molar refractivity (Wildman–Crippen MR) is 137 cm³/mol. The average molecular weight is 805 g/mol. The number of carboxylic acids is 2. The summed E-state index contributed by atoms with van der Waals surface area (Å²) in [7, 11) is 1.30. The van der Waals surface area contributed by atoms with E-state index in [0.717, 1.165) is 4.90 Å². The first-order chi connectivity index (χ1) is 15.3. The van der Waals surface area contributed by atoms with Crippen molar-refractivity contribution in [3.8, 4) is 0 Å². The Balaban J connectivity index is 3.60. The number of hydrogen-bond donors (Lipinski definition) is 7. The van der Waals surface area contributed by atoms with Gasteiger partial charge in [0, 0.05) is 10.6 Å². The van der Waals surface area contributed by atoms with Gasteiger partial charge < -0.3 is 41.1 Å². The molecule has 7 N–H and O–H groups in total. The number of likely N-dealkylation sites (N-methyl/N-ethyl adjacent to an activating group) is 1. The predicted octanol–water partition coefficient (Wildman–Crippen LogP) is -1.19. The van der Waals surface area contributed by atoms with Crippen LogP contribution in [0.25, 0.3) is 0 Å². The SMILES string of the molecule is CN(C(=O)CO)c1c(I)c(C(=O)NCC(O)C(=O)O)c(I)c(C(=O)NCC(O)C(=O)O)c1I. The standard InChI is InChI=1S/C17H18I3N3O10/c1-23(7(27)4-24)13-11(19)8(14(28)21-2-5(25)16(30)31)10(18)9(12(13)20)15(29)22-3-6(26)17(32)33/h5-6,24-26H,2-4H2,1H3,(H,21,28)(H,22,29)(H,30,31)(H,32,33). The van der Waals surface area contributed by atoms with Crippen molar-refractivity contribution in [2.24, 2.45) is 0 Å². The van der Waals surface area contributed by atoms with E-state index >= 15 is 0 Å². The van der Waals surface area contributed by atoms with Crippen molar-refractivity contribution >= 4 is 103 Å². The average Bonchev–Trinajstić information content (AvgIpc) is 2.74. The zero-order chi connectivity index (χ0) is 25.6. The number of nitrogens with zero attached hydrogens (tertiary/aromatic N) is 1. The maximum atomic E-state index is 12.8. The molecule has 13 nitrogen and oxygen atoms in total.